The van der Waals surface area contributed by atoms with Crippen LogP contribution in [0.3, 0.4) is 0 Å². The molecule has 0 unspecified atom stereocenters. The summed E-state index contributed by atoms with van der Waals surface area (Å²) in [4.78, 5) is 6.91. The summed E-state index contributed by atoms with van der Waals surface area (Å²) in [5.74, 6) is 2.01. The minimum absolute atomic E-state index is 0.292. The highest BCUT2D eigenvalue weighted by Crippen LogP contribution is 2.16. The number of likely N-dealkylation sites (tertiary alicyclic amines) is 1. The largest absolute Gasteiger partial charge is 0.357 e. The highest BCUT2D eigenvalue weighted by Gasteiger charge is 2.27. The predicted molar refractivity (Wildman–Crippen MR) is 85.9 cm³/mol. The first kappa shape index (κ1) is 16.5. The molecule has 0 aromatic carbocycles. The summed E-state index contributed by atoms with van der Waals surface area (Å²) >= 11 is 0. The van der Waals surface area contributed by atoms with Gasteiger partial charge in [-0.25, -0.2) is 12.7 Å². The van der Waals surface area contributed by atoms with Crippen molar-refractivity contribution in [2.24, 2.45) is 10.9 Å². The molecule has 0 radical (unpaired) electrons. The van der Waals surface area contributed by atoms with Gasteiger partial charge in [-0.1, -0.05) is 6.92 Å². The van der Waals surface area contributed by atoms with Gasteiger partial charge in [-0.15, -0.1) is 0 Å². The van der Waals surface area contributed by atoms with E-state index in [1.807, 2.05) is 0 Å². The van der Waals surface area contributed by atoms with E-state index in [1.165, 1.54) is 12.8 Å². The molecule has 0 bridgehead atoms. The molecule has 2 aliphatic rings. The summed E-state index contributed by atoms with van der Waals surface area (Å²) in [5.41, 5.74) is 0. The van der Waals surface area contributed by atoms with Crippen LogP contribution in [0.5, 0.6) is 0 Å². The van der Waals surface area contributed by atoms with Crippen LogP contribution in [0.25, 0.3) is 0 Å². The van der Waals surface area contributed by atoms with E-state index in [2.05, 4.69) is 29.1 Å². The highest BCUT2D eigenvalue weighted by atomic mass is 32.2. The Labute approximate surface area is 128 Å². The first-order valence-electron chi connectivity index (χ1n) is 8.04. The second-order valence-electron chi connectivity index (χ2n) is 5.97. The second-order valence-corrected chi connectivity index (χ2v) is 8.06. The van der Waals surface area contributed by atoms with Crippen LogP contribution in [0.1, 0.15) is 33.1 Å². The molecule has 0 aliphatic carbocycles. The van der Waals surface area contributed by atoms with Gasteiger partial charge in [0.1, 0.15) is 0 Å². The fourth-order valence-corrected chi connectivity index (χ4v) is 4.38. The molecular weight excluding hydrogens is 288 g/mol. The minimum Gasteiger partial charge on any atom is -0.357 e. The van der Waals surface area contributed by atoms with Crippen LogP contribution in [-0.4, -0.2) is 68.6 Å². The number of hydrogen-bond acceptors (Lipinski definition) is 3. The van der Waals surface area contributed by atoms with E-state index >= 15 is 0 Å². The zero-order chi connectivity index (χ0) is 15.3. The Morgan fingerprint density at radius 1 is 1.29 bits per heavy atom. The monoisotopic (exact) mass is 316 g/mol. The predicted octanol–water partition coefficient (Wildman–Crippen LogP) is 0.719. The fourth-order valence-electron chi connectivity index (χ4n) is 2.86. The SMILES string of the molecule is CCNC(=NCCN1CCCS1(=O)=O)N1CCC(C)CC1. The molecule has 2 rings (SSSR count). The lowest BCUT2D eigenvalue weighted by atomic mass is 10.00. The standard InChI is InChI=1S/C14H28N4O2S/c1-3-15-14(17-9-5-13(2)6-10-17)16-7-11-18-8-4-12-21(18,19)20/h13H,3-12H2,1-2H3,(H,15,16). The zero-order valence-corrected chi connectivity index (χ0v) is 14.0. The van der Waals surface area contributed by atoms with Crippen molar-refractivity contribution in [3.8, 4) is 0 Å². The van der Waals surface area contributed by atoms with Crippen LogP contribution in [-0.2, 0) is 10.0 Å². The quantitative estimate of drug-likeness (QED) is 0.613. The van der Waals surface area contributed by atoms with Crippen molar-refractivity contribution in [3.63, 3.8) is 0 Å². The van der Waals surface area contributed by atoms with E-state index in [1.54, 1.807) is 4.31 Å². The lowest BCUT2D eigenvalue weighted by molar-refractivity contribution is 0.273. The van der Waals surface area contributed by atoms with Gasteiger partial charge < -0.3 is 10.2 Å². The molecular formula is C14H28N4O2S. The molecule has 2 heterocycles. The number of sulfonamides is 1. The summed E-state index contributed by atoms with van der Waals surface area (Å²) < 4.78 is 25.1. The van der Waals surface area contributed by atoms with Gasteiger partial charge in [-0.3, -0.25) is 4.99 Å². The van der Waals surface area contributed by atoms with Crippen LogP contribution < -0.4 is 5.32 Å². The highest BCUT2D eigenvalue weighted by molar-refractivity contribution is 7.89. The Bertz CT molecular complexity index is 456. The molecule has 0 atom stereocenters. The number of nitrogens with one attached hydrogen (secondary N) is 1. The fraction of sp³-hybridized carbons (Fsp3) is 0.929. The summed E-state index contributed by atoms with van der Waals surface area (Å²) in [5, 5.41) is 3.32. The number of piperidine rings is 1. The van der Waals surface area contributed by atoms with Crippen LogP contribution in [0.2, 0.25) is 0 Å². The average molecular weight is 316 g/mol. The number of rotatable bonds is 4. The third kappa shape index (κ3) is 4.57. The Balaban J connectivity index is 1.88. The van der Waals surface area contributed by atoms with E-state index in [4.69, 9.17) is 0 Å². The van der Waals surface area contributed by atoms with Gasteiger partial charge >= 0.3 is 0 Å². The number of nitrogens with zero attached hydrogens (tertiary/aromatic N) is 3. The molecule has 0 amide bonds. The van der Waals surface area contributed by atoms with Crippen molar-refractivity contribution in [2.45, 2.75) is 33.1 Å². The number of hydrogen-bond donors (Lipinski definition) is 1. The molecule has 2 fully saturated rings. The van der Waals surface area contributed by atoms with Crippen molar-refractivity contribution in [1.29, 1.82) is 0 Å². The molecule has 0 aromatic heterocycles. The molecule has 21 heavy (non-hydrogen) atoms. The molecule has 2 saturated heterocycles. The third-order valence-electron chi connectivity index (χ3n) is 4.23. The normalized spacial score (nSPS) is 24.5. The molecule has 0 saturated carbocycles. The Morgan fingerprint density at radius 2 is 2.00 bits per heavy atom. The van der Waals surface area contributed by atoms with Gasteiger partial charge in [-0.2, -0.15) is 0 Å². The first-order valence-corrected chi connectivity index (χ1v) is 9.65. The van der Waals surface area contributed by atoms with E-state index in [-0.39, 0.29) is 0 Å². The Kier molecular flexibility index (Phi) is 5.87. The summed E-state index contributed by atoms with van der Waals surface area (Å²) in [7, 11) is -3.00. The molecule has 7 heteroatoms. The first-order chi connectivity index (χ1) is 10.0. The zero-order valence-electron chi connectivity index (χ0n) is 13.2. The third-order valence-corrected chi connectivity index (χ3v) is 6.19. The van der Waals surface area contributed by atoms with Gasteiger partial charge in [0.15, 0.2) is 5.96 Å². The van der Waals surface area contributed by atoms with E-state index in [0.29, 0.717) is 25.4 Å². The van der Waals surface area contributed by atoms with Gasteiger partial charge in [0, 0.05) is 32.7 Å². The van der Waals surface area contributed by atoms with E-state index < -0.39 is 10.0 Å². The number of aliphatic imine (C=N–C) groups is 1. The van der Waals surface area contributed by atoms with Gasteiger partial charge in [0.25, 0.3) is 0 Å². The van der Waals surface area contributed by atoms with Crippen molar-refractivity contribution >= 4 is 16.0 Å². The lowest BCUT2D eigenvalue weighted by Crippen LogP contribution is -2.45. The van der Waals surface area contributed by atoms with Crippen molar-refractivity contribution in [3.05, 3.63) is 0 Å². The Morgan fingerprint density at radius 3 is 2.57 bits per heavy atom. The second kappa shape index (κ2) is 7.45. The van der Waals surface area contributed by atoms with Gasteiger partial charge in [0.2, 0.25) is 10.0 Å². The van der Waals surface area contributed by atoms with Crippen LogP contribution in [0, 0.1) is 5.92 Å². The Hall–Kier alpha value is -0.820. The van der Waals surface area contributed by atoms with Crippen LogP contribution in [0.15, 0.2) is 4.99 Å². The van der Waals surface area contributed by atoms with Crippen LogP contribution in [0.4, 0.5) is 0 Å². The van der Waals surface area contributed by atoms with Crippen molar-refractivity contribution in [2.75, 3.05) is 45.0 Å². The topological polar surface area (TPSA) is 65.0 Å². The smallest absolute Gasteiger partial charge is 0.214 e. The molecule has 6 nitrogen and oxygen atoms in total. The lowest BCUT2D eigenvalue weighted by Gasteiger charge is -2.33. The number of guanidine groups is 1. The molecule has 2 aliphatic heterocycles. The summed E-state index contributed by atoms with van der Waals surface area (Å²) in [6.07, 6.45) is 3.14. The maximum atomic E-state index is 11.8. The molecule has 0 aromatic rings. The maximum absolute atomic E-state index is 11.8. The molecule has 122 valence electrons. The average Bonchev–Trinajstić information content (AvgIpc) is 2.78. The van der Waals surface area contributed by atoms with Crippen molar-refractivity contribution in [1.82, 2.24) is 14.5 Å². The van der Waals surface area contributed by atoms with Crippen molar-refractivity contribution < 1.29 is 8.42 Å². The summed E-state index contributed by atoms with van der Waals surface area (Å²) in [6, 6.07) is 0. The van der Waals surface area contributed by atoms with Crippen LogP contribution >= 0.6 is 0 Å². The van der Waals surface area contributed by atoms with Gasteiger partial charge in [0.05, 0.1) is 12.3 Å². The molecule has 0 spiro atoms. The minimum atomic E-state index is -3.00. The maximum Gasteiger partial charge on any atom is 0.214 e. The van der Waals surface area contributed by atoms with E-state index in [0.717, 1.165) is 37.9 Å². The molecule has 1 N–H and O–H groups in total. The summed E-state index contributed by atoms with van der Waals surface area (Å²) in [6.45, 7) is 8.95. The van der Waals surface area contributed by atoms with Gasteiger partial charge in [-0.05, 0) is 32.1 Å². The van der Waals surface area contributed by atoms with E-state index in [9.17, 15) is 8.42 Å².